The molecule has 1 N–H and O–H groups in total. The molecule has 106 valence electrons. The van der Waals surface area contributed by atoms with Gasteiger partial charge < -0.3 is 5.32 Å². The Bertz CT molecular complexity index is 237. The van der Waals surface area contributed by atoms with Crippen LogP contribution < -0.4 is 5.32 Å². The van der Waals surface area contributed by atoms with E-state index in [4.69, 9.17) is 0 Å². The fourth-order valence-corrected chi connectivity index (χ4v) is 4.69. The first kappa shape index (κ1) is 14.7. The summed E-state index contributed by atoms with van der Waals surface area (Å²) in [6.07, 6.45) is 9.91. The summed E-state index contributed by atoms with van der Waals surface area (Å²) in [5.74, 6) is 2.35. The summed E-state index contributed by atoms with van der Waals surface area (Å²) in [5.41, 5.74) is 0.562. The predicted octanol–water partition coefficient (Wildman–Crippen LogP) is 4.47. The summed E-state index contributed by atoms with van der Waals surface area (Å²) in [6, 6.07) is 0.815. The van der Waals surface area contributed by atoms with E-state index in [9.17, 15) is 0 Å². The van der Waals surface area contributed by atoms with Gasteiger partial charge in [0, 0.05) is 17.8 Å². The van der Waals surface area contributed by atoms with Crippen molar-refractivity contribution in [2.24, 2.45) is 11.3 Å². The van der Waals surface area contributed by atoms with E-state index in [1.54, 1.807) is 0 Å². The smallest absolute Gasteiger partial charge is 0.0172 e. The van der Waals surface area contributed by atoms with Gasteiger partial charge in [0.05, 0.1) is 0 Å². The maximum absolute atomic E-state index is 3.83. The maximum Gasteiger partial charge on any atom is 0.0172 e. The zero-order valence-electron chi connectivity index (χ0n) is 12.5. The van der Waals surface area contributed by atoms with Gasteiger partial charge in [0.1, 0.15) is 0 Å². The van der Waals surface area contributed by atoms with Gasteiger partial charge in [0.2, 0.25) is 0 Å². The Kier molecular flexibility index (Phi) is 5.44. The minimum Gasteiger partial charge on any atom is -0.313 e. The van der Waals surface area contributed by atoms with E-state index in [2.05, 4.69) is 37.8 Å². The van der Waals surface area contributed by atoms with Crippen LogP contribution in [0.4, 0.5) is 0 Å². The Balaban J connectivity index is 1.66. The molecule has 1 heterocycles. The van der Waals surface area contributed by atoms with Crippen molar-refractivity contribution in [1.82, 2.24) is 5.32 Å². The van der Waals surface area contributed by atoms with Crippen LogP contribution in [0.2, 0.25) is 0 Å². The van der Waals surface area contributed by atoms with Crippen LogP contribution in [0, 0.1) is 11.3 Å². The molecule has 2 rings (SSSR count). The van der Waals surface area contributed by atoms with Gasteiger partial charge in [0.15, 0.2) is 0 Å². The van der Waals surface area contributed by atoms with E-state index in [-0.39, 0.29) is 0 Å². The van der Waals surface area contributed by atoms with Crippen LogP contribution >= 0.6 is 11.8 Å². The molecule has 1 atom stereocenters. The Morgan fingerprint density at radius 1 is 1.11 bits per heavy atom. The molecule has 1 saturated heterocycles. The van der Waals surface area contributed by atoms with Crippen LogP contribution in [-0.4, -0.2) is 23.6 Å². The lowest BCUT2D eigenvalue weighted by atomic mass is 9.69. The second kappa shape index (κ2) is 6.65. The molecule has 0 spiro atoms. The molecular formula is C16H31NS. The second-order valence-corrected chi connectivity index (χ2v) is 8.34. The molecular weight excluding hydrogens is 238 g/mol. The number of hydrogen-bond donors (Lipinski definition) is 1. The van der Waals surface area contributed by atoms with Gasteiger partial charge in [0.25, 0.3) is 0 Å². The minimum atomic E-state index is 0.562. The van der Waals surface area contributed by atoms with Crippen molar-refractivity contribution in [3.63, 3.8) is 0 Å². The molecule has 0 aromatic rings. The fraction of sp³-hybridized carbons (Fsp3) is 1.00. The monoisotopic (exact) mass is 269 g/mol. The van der Waals surface area contributed by atoms with Gasteiger partial charge in [-0.2, -0.15) is 11.8 Å². The normalized spacial score (nSPS) is 33.8. The topological polar surface area (TPSA) is 12.0 Å². The third kappa shape index (κ3) is 3.90. The number of rotatable bonds is 5. The summed E-state index contributed by atoms with van der Waals surface area (Å²) >= 11 is 2.18. The van der Waals surface area contributed by atoms with Crippen LogP contribution in [0.25, 0.3) is 0 Å². The van der Waals surface area contributed by atoms with Gasteiger partial charge in [-0.25, -0.2) is 0 Å². The molecule has 1 aliphatic carbocycles. The SMILES string of the molecule is CCC(C)(C)C1CCC(NCC2CCCS2)CC1. The van der Waals surface area contributed by atoms with Crippen LogP contribution in [0.3, 0.4) is 0 Å². The predicted molar refractivity (Wildman–Crippen MR) is 83.3 cm³/mol. The number of nitrogens with one attached hydrogen (secondary N) is 1. The van der Waals surface area contributed by atoms with Gasteiger partial charge in [-0.15, -0.1) is 0 Å². The lowest BCUT2D eigenvalue weighted by Gasteiger charge is -2.39. The van der Waals surface area contributed by atoms with Crippen molar-refractivity contribution in [3.05, 3.63) is 0 Å². The molecule has 1 aliphatic heterocycles. The maximum atomic E-state index is 3.83. The minimum absolute atomic E-state index is 0.562. The van der Waals surface area contributed by atoms with Crippen molar-refractivity contribution in [2.75, 3.05) is 12.3 Å². The molecule has 1 nitrogen and oxygen atoms in total. The molecule has 0 amide bonds. The standard InChI is InChI=1S/C16H31NS/c1-4-16(2,3)13-7-9-14(10-8-13)17-12-15-6-5-11-18-15/h13-15,17H,4-12H2,1-3H3. The van der Waals surface area contributed by atoms with E-state index in [0.29, 0.717) is 5.41 Å². The molecule has 1 unspecified atom stereocenters. The zero-order valence-corrected chi connectivity index (χ0v) is 13.3. The van der Waals surface area contributed by atoms with E-state index in [0.717, 1.165) is 17.2 Å². The first-order valence-corrected chi connectivity index (χ1v) is 9.01. The number of hydrogen-bond acceptors (Lipinski definition) is 2. The van der Waals surface area contributed by atoms with Crippen molar-refractivity contribution in [2.45, 2.75) is 77.0 Å². The molecule has 2 heteroatoms. The third-order valence-corrected chi connectivity index (χ3v) is 6.80. The third-order valence-electron chi connectivity index (χ3n) is 5.40. The first-order valence-electron chi connectivity index (χ1n) is 7.97. The summed E-state index contributed by atoms with van der Waals surface area (Å²) < 4.78 is 0. The highest BCUT2D eigenvalue weighted by Crippen LogP contribution is 2.40. The van der Waals surface area contributed by atoms with E-state index < -0.39 is 0 Å². The Morgan fingerprint density at radius 2 is 1.83 bits per heavy atom. The Morgan fingerprint density at radius 3 is 2.39 bits per heavy atom. The van der Waals surface area contributed by atoms with Crippen molar-refractivity contribution in [1.29, 1.82) is 0 Å². The van der Waals surface area contributed by atoms with Crippen LogP contribution in [0.5, 0.6) is 0 Å². The average Bonchev–Trinajstić information content (AvgIpc) is 2.90. The molecule has 2 aliphatic rings. The first-order chi connectivity index (χ1) is 8.62. The van der Waals surface area contributed by atoms with E-state index in [1.807, 2.05) is 0 Å². The highest BCUT2D eigenvalue weighted by molar-refractivity contribution is 8.00. The van der Waals surface area contributed by atoms with Crippen molar-refractivity contribution in [3.8, 4) is 0 Å². The van der Waals surface area contributed by atoms with Gasteiger partial charge in [-0.3, -0.25) is 0 Å². The quantitative estimate of drug-likeness (QED) is 0.790. The van der Waals surface area contributed by atoms with E-state index in [1.165, 1.54) is 57.2 Å². The van der Waals surface area contributed by atoms with Crippen molar-refractivity contribution >= 4 is 11.8 Å². The summed E-state index contributed by atoms with van der Waals surface area (Å²) in [6.45, 7) is 8.53. The van der Waals surface area contributed by atoms with Gasteiger partial charge in [-0.05, 0) is 55.6 Å². The van der Waals surface area contributed by atoms with E-state index >= 15 is 0 Å². The average molecular weight is 269 g/mol. The van der Waals surface area contributed by atoms with Crippen LogP contribution in [0.15, 0.2) is 0 Å². The summed E-state index contributed by atoms with van der Waals surface area (Å²) in [4.78, 5) is 0. The van der Waals surface area contributed by atoms with Gasteiger partial charge >= 0.3 is 0 Å². The molecule has 0 radical (unpaired) electrons. The van der Waals surface area contributed by atoms with Crippen molar-refractivity contribution < 1.29 is 0 Å². The second-order valence-electron chi connectivity index (χ2n) is 6.93. The van der Waals surface area contributed by atoms with Crippen LogP contribution in [0.1, 0.15) is 65.7 Å². The lowest BCUT2D eigenvalue weighted by Crippen LogP contribution is -2.39. The zero-order chi connectivity index (χ0) is 13.0. The molecule has 1 saturated carbocycles. The molecule has 2 fully saturated rings. The highest BCUT2D eigenvalue weighted by atomic mass is 32.2. The molecule has 0 aromatic carbocycles. The van der Waals surface area contributed by atoms with Gasteiger partial charge in [-0.1, -0.05) is 27.2 Å². The number of thioether (sulfide) groups is 1. The Hall–Kier alpha value is 0.310. The highest BCUT2D eigenvalue weighted by Gasteiger charge is 2.31. The summed E-state index contributed by atoms with van der Waals surface area (Å²) in [5, 5.41) is 4.74. The fourth-order valence-electron chi connectivity index (χ4n) is 3.47. The molecule has 0 bridgehead atoms. The Labute approximate surface area is 118 Å². The lowest BCUT2D eigenvalue weighted by molar-refractivity contribution is 0.137. The largest absolute Gasteiger partial charge is 0.313 e. The summed E-state index contributed by atoms with van der Waals surface area (Å²) in [7, 11) is 0. The van der Waals surface area contributed by atoms with Crippen LogP contribution in [-0.2, 0) is 0 Å². The molecule has 0 aromatic heterocycles. The molecule has 18 heavy (non-hydrogen) atoms.